The Hall–Kier alpha value is -1.38. The summed E-state index contributed by atoms with van der Waals surface area (Å²) in [6.07, 6.45) is 6.68. The lowest BCUT2D eigenvalue weighted by Gasteiger charge is -2.24. The maximum Gasteiger partial charge on any atom is 0.303 e. The minimum absolute atomic E-state index is 0.107. The zero-order chi connectivity index (χ0) is 15.8. The van der Waals surface area contributed by atoms with E-state index in [4.69, 9.17) is 4.74 Å². The molecule has 1 unspecified atom stereocenters. The second-order valence-electron chi connectivity index (χ2n) is 5.82. The highest BCUT2D eigenvalue weighted by Gasteiger charge is 2.22. The summed E-state index contributed by atoms with van der Waals surface area (Å²) in [7, 11) is 0. The molecule has 114 valence electrons. The van der Waals surface area contributed by atoms with Gasteiger partial charge < -0.3 is 4.74 Å². The maximum atomic E-state index is 11.5. The predicted octanol–water partition coefficient (Wildman–Crippen LogP) is 4.23. The van der Waals surface area contributed by atoms with Gasteiger partial charge in [0.05, 0.1) is 0 Å². The molecule has 0 radical (unpaired) electrons. The average Bonchev–Trinajstić information content (AvgIpc) is 2.34. The molecular weight excluding hydrogens is 252 g/mol. The van der Waals surface area contributed by atoms with E-state index in [1.807, 2.05) is 27.7 Å². The Morgan fingerprint density at radius 3 is 2.30 bits per heavy atom. The van der Waals surface area contributed by atoms with Crippen molar-refractivity contribution in [2.45, 2.75) is 65.9 Å². The van der Waals surface area contributed by atoms with E-state index >= 15 is 0 Å². The van der Waals surface area contributed by atoms with E-state index in [0.717, 1.165) is 12.8 Å². The van der Waals surface area contributed by atoms with Gasteiger partial charge in [0.25, 0.3) is 0 Å². The molecule has 0 aliphatic heterocycles. The van der Waals surface area contributed by atoms with Crippen LogP contribution in [0.3, 0.4) is 0 Å². The van der Waals surface area contributed by atoms with Crippen molar-refractivity contribution >= 4 is 11.8 Å². The van der Waals surface area contributed by atoms with Crippen molar-refractivity contribution in [1.29, 1.82) is 0 Å². The van der Waals surface area contributed by atoms with Crippen molar-refractivity contribution in [1.82, 2.24) is 0 Å². The third-order valence-corrected chi connectivity index (χ3v) is 3.35. The number of ketones is 1. The van der Waals surface area contributed by atoms with Gasteiger partial charge in [-0.1, -0.05) is 32.1 Å². The molecular formula is C17H28O3. The molecule has 0 aliphatic rings. The lowest BCUT2D eigenvalue weighted by atomic mass is 9.97. The molecule has 0 saturated heterocycles. The van der Waals surface area contributed by atoms with Crippen molar-refractivity contribution in [3.05, 3.63) is 24.3 Å². The SMILES string of the molecule is C=CC(C)(CC/C=C(/C)CCC(=O)C(C)C)OC(C)=O. The van der Waals surface area contributed by atoms with Crippen molar-refractivity contribution in [3.8, 4) is 0 Å². The molecule has 3 heteroatoms. The van der Waals surface area contributed by atoms with Gasteiger partial charge in [-0.2, -0.15) is 0 Å². The van der Waals surface area contributed by atoms with Crippen LogP contribution in [-0.2, 0) is 14.3 Å². The second kappa shape index (κ2) is 8.72. The van der Waals surface area contributed by atoms with E-state index in [1.165, 1.54) is 12.5 Å². The summed E-state index contributed by atoms with van der Waals surface area (Å²) < 4.78 is 5.26. The Morgan fingerprint density at radius 1 is 1.25 bits per heavy atom. The summed E-state index contributed by atoms with van der Waals surface area (Å²) in [5.74, 6) is 0.111. The highest BCUT2D eigenvalue weighted by molar-refractivity contribution is 5.80. The Balaban J connectivity index is 4.24. The number of Topliss-reactive ketones (excluding diaryl/α,β-unsaturated/α-hetero) is 1. The van der Waals surface area contributed by atoms with E-state index in [-0.39, 0.29) is 11.9 Å². The Labute approximate surface area is 123 Å². The third kappa shape index (κ3) is 7.93. The highest BCUT2D eigenvalue weighted by atomic mass is 16.6. The van der Waals surface area contributed by atoms with Crippen LogP contribution >= 0.6 is 0 Å². The molecule has 0 saturated carbocycles. The van der Waals surface area contributed by atoms with Crippen molar-refractivity contribution < 1.29 is 14.3 Å². The summed E-state index contributed by atoms with van der Waals surface area (Å²) in [4.78, 5) is 22.6. The predicted molar refractivity (Wildman–Crippen MR) is 82.4 cm³/mol. The first-order valence-electron chi connectivity index (χ1n) is 7.21. The van der Waals surface area contributed by atoms with Gasteiger partial charge in [-0.15, -0.1) is 0 Å². The van der Waals surface area contributed by atoms with Gasteiger partial charge in [-0.05, 0) is 39.2 Å². The molecule has 20 heavy (non-hydrogen) atoms. The van der Waals surface area contributed by atoms with Crippen LogP contribution < -0.4 is 0 Å². The number of carbonyl (C=O) groups is 2. The van der Waals surface area contributed by atoms with E-state index in [2.05, 4.69) is 12.7 Å². The topological polar surface area (TPSA) is 43.4 Å². The minimum atomic E-state index is -0.615. The first-order chi connectivity index (χ1) is 9.20. The lowest BCUT2D eigenvalue weighted by molar-refractivity contribution is -0.151. The quantitative estimate of drug-likeness (QED) is 0.469. The number of rotatable bonds is 9. The number of ether oxygens (including phenoxy) is 1. The van der Waals surface area contributed by atoms with Gasteiger partial charge >= 0.3 is 5.97 Å². The Morgan fingerprint density at radius 2 is 1.85 bits per heavy atom. The molecule has 0 aromatic carbocycles. The summed E-state index contributed by atoms with van der Waals surface area (Å²) in [6, 6.07) is 0. The molecule has 0 aromatic rings. The molecule has 0 amide bonds. The van der Waals surface area contributed by atoms with Gasteiger partial charge in [0.2, 0.25) is 0 Å². The normalized spacial score (nSPS) is 14.8. The largest absolute Gasteiger partial charge is 0.455 e. The van der Waals surface area contributed by atoms with Crippen LogP contribution in [0.25, 0.3) is 0 Å². The van der Waals surface area contributed by atoms with E-state index in [9.17, 15) is 9.59 Å². The lowest BCUT2D eigenvalue weighted by Crippen LogP contribution is -2.27. The second-order valence-corrected chi connectivity index (χ2v) is 5.82. The molecule has 0 heterocycles. The molecule has 0 fully saturated rings. The first-order valence-corrected chi connectivity index (χ1v) is 7.21. The number of hydrogen-bond donors (Lipinski definition) is 0. The van der Waals surface area contributed by atoms with E-state index in [1.54, 1.807) is 6.08 Å². The van der Waals surface area contributed by atoms with Gasteiger partial charge in [0.15, 0.2) is 0 Å². The van der Waals surface area contributed by atoms with Gasteiger partial charge in [-0.3, -0.25) is 9.59 Å². The zero-order valence-electron chi connectivity index (χ0n) is 13.5. The Kier molecular flexibility index (Phi) is 8.12. The molecule has 0 aliphatic carbocycles. The monoisotopic (exact) mass is 280 g/mol. The molecule has 1 atom stereocenters. The van der Waals surface area contributed by atoms with E-state index in [0.29, 0.717) is 18.6 Å². The smallest absolute Gasteiger partial charge is 0.303 e. The number of carbonyl (C=O) groups excluding carboxylic acids is 2. The van der Waals surface area contributed by atoms with Crippen LogP contribution in [0.5, 0.6) is 0 Å². The molecule has 0 rings (SSSR count). The number of hydrogen-bond acceptors (Lipinski definition) is 3. The van der Waals surface area contributed by atoms with Crippen molar-refractivity contribution in [2.75, 3.05) is 0 Å². The van der Waals surface area contributed by atoms with E-state index < -0.39 is 5.60 Å². The fourth-order valence-electron chi connectivity index (χ4n) is 1.84. The van der Waals surface area contributed by atoms with Crippen LogP contribution in [-0.4, -0.2) is 17.4 Å². The molecule has 0 spiro atoms. The third-order valence-electron chi connectivity index (χ3n) is 3.35. The summed E-state index contributed by atoms with van der Waals surface area (Å²) in [5.41, 5.74) is 0.587. The molecule has 3 nitrogen and oxygen atoms in total. The molecule has 0 aromatic heterocycles. The summed E-state index contributed by atoms with van der Waals surface area (Å²) in [6.45, 7) is 12.9. The standard InChI is InChI=1S/C17H28O3/c1-7-17(6,20-15(5)18)12-8-9-14(4)10-11-16(19)13(2)3/h7,9,13H,1,8,10-12H2,2-6H3/b14-9-. The van der Waals surface area contributed by atoms with Crippen LogP contribution in [0.15, 0.2) is 24.3 Å². The van der Waals surface area contributed by atoms with Crippen LogP contribution in [0, 0.1) is 5.92 Å². The van der Waals surface area contributed by atoms with Crippen LogP contribution in [0.1, 0.15) is 60.3 Å². The van der Waals surface area contributed by atoms with Gasteiger partial charge in [-0.25, -0.2) is 0 Å². The summed E-state index contributed by atoms with van der Waals surface area (Å²) >= 11 is 0. The average molecular weight is 280 g/mol. The van der Waals surface area contributed by atoms with Gasteiger partial charge in [0, 0.05) is 19.3 Å². The highest BCUT2D eigenvalue weighted by Crippen LogP contribution is 2.20. The maximum absolute atomic E-state index is 11.5. The minimum Gasteiger partial charge on any atom is -0.455 e. The zero-order valence-corrected chi connectivity index (χ0v) is 13.5. The molecule has 0 N–H and O–H groups in total. The number of allylic oxidation sites excluding steroid dienone is 2. The Bertz CT molecular complexity index is 380. The fraction of sp³-hybridized carbons (Fsp3) is 0.647. The molecule has 0 bridgehead atoms. The van der Waals surface area contributed by atoms with Crippen molar-refractivity contribution in [2.24, 2.45) is 5.92 Å². The first kappa shape index (κ1) is 18.6. The van der Waals surface area contributed by atoms with Gasteiger partial charge in [0.1, 0.15) is 11.4 Å². The van der Waals surface area contributed by atoms with Crippen molar-refractivity contribution in [3.63, 3.8) is 0 Å². The van der Waals surface area contributed by atoms with Crippen LogP contribution in [0.2, 0.25) is 0 Å². The fourth-order valence-corrected chi connectivity index (χ4v) is 1.84. The number of esters is 1. The summed E-state index contributed by atoms with van der Waals surface area (Å²) in [5, 5.41) is 0. The van der Waals surface area contributed by atoms with Crippen LogP contribution in [0.4, 0.5) is 0 Å².